The number of halogens is 3. The van der Waals surface area contributed by atoms with Crippen LogP contribution in [0.1, 0.15) is 12.8 Å². The number of carboxylic acid groups (broad SMARTS) is 1. The zero-order valence-corrected chi connectivity index (χ0v) is 15.9. The van der Waals surface area contributed by atoms with Crippen LogP contribution >= 0.6 is 35.6 Å². The van der Waals surface area contributed by atoms with Gasteiger partial charge in [0.15, 0.2) is 0 Å². The molecule has 1 aromatic rings. The van der Waals surface area contributed by atoms with E-state index in [2.05, 4.69) is 5.32 Å². The minimum atomic E-state index is -3.66. The summed E-state index contributed by atoms with van der Waals surface area (Å²) in [6.45, 7) is 1.11. The smallest absolute Gasteiger partial charge is 0.317 e. The number of hydrogen-bond acceptors (Lipinski definition) is 4. The number of piperidine rings is 1. The highest BCUT2D eigenvalue weighted by atomic mass is 35.5. The number of sulfonamides is 1. The summed E-state index contributed by atoms with van der Waals surface area (Å²) in [4.78, 5) is 10.6. The van der Waals surface area contributed by atoms with E-state index in [9.17, 15) is 13.2 Å². The van der Waals surface area contributed by atoms with Crippen LogP contribution in [0, 0.1) is 5.92 Å². The lowest BCUT2D eigenvalue weighted by atomic mass is 10.00. The van der Waals surface area contributed by atoms with Gasteiger partial charge in [0.25, 0.3) is 0 Å². The van der Waals surface area contributed by atoms with Crippen LogP contribution in [0.4, 0.5) is 0 Å². The van der Waals surface area contributed by atoms with E-state index in [0.29, 0.717) is 19.6 Å². The third-order valence-corrected chi connectivity index (χ3v) is 5.94. The maximum Gasteiger partial charge on any atom is 0.317 e. The predicted octanol–water partition coefficient (Wildman–Crippen LogP) is 2.49. The summed E-state index contributed by atoms with van der Waals surface area (Å²) in [5.74, 6) is -0.855. The molecule has 1 unspecified atom stereocenters. The lowest BCUT2D eigenvalue weighted by Crippen LogP contribution is -2.43. The second kappa shape index (κ2) is 9.22. The molecule has 24 heavy (non-hydrogen) atoms. The highest BCUT2D eigenvalue weighted by Gasteiger charge is 2.30. The number of hydrogen-bond donors (Lipinski definition) is 2. The van der Waals surface area contributed by atoms with Crippen molar-refractivity contribution in [1.82, 2.24) is 9.62 Å². The molecule has 2 rings (SSSR count). The maximum absolute atomic E-state index is 12.7. The van der Waals surface area contributed by atoms with Gasteiger partial charge in [-0.05, 0) is 43.5 Å². The summed E-state index contributed by atoms with van der Waals surface area (Å²) in [5.41, 5.74) is 0. The van der Waals surface area contributed by atoms with Gasteiger partial charge in [-0.15, -0.1) is 12.4 Å². The first kappa shape index (κ1) is 21.5. The second-order valence-corrected chi connectivity index (χ2v) is 8.31. The Hall–Kier alpha value is -0.570. The van der Waals surface area contributed by atoms with Gasteiger partial charge in [-0.25, -0.2) is 8.42 Å². The topological polar surface area (TPSA) is 86.7 Å². The summed E-state index contributed by atoms with van der Waals surface area (Å²) >= 11 is 11.8. The van der Waals surface area contributed by atoms with Crippen molar-refractivity contribution in [2.45, 2.75) is 17.7 Å². The lowest BCUT2D eigenvalue weighted by Gasteiger charge is -2.32. The average molecular weight is 418 g/mol. The van der Waals surface area contributed by atoms with Crippen molar-refractivity contribution in [2.24, 2.45) is 5.92 Å². The van der Waals surface area contributed by atoms with Crippen molar-refractivity contribution >= 4 is 51.6 Å². The minimum absolute atomic E-state index is 0. The Morgan fingerprint density at radius 2 is 1.92 bits per heavy atom. The fraction of sp³-hybridized carbons (Fsp3) is 0.500. The molecule has 2 N–H and O–H groups in total. The molecule has 1 atom stereocenters. The molecule has 0 saturated carbocycles. The summed E-state index contributed by atoms with van der Waals surface area (Å²) < 4.78 is 26.8. The molecule has 6 nitrogen and oxygen atoms in total. The van der Waals surface area contributed by atoms with Crippen molar-refractivity contribution in [2.75, 3.05) is 26.2 Å². The number of nitrogens with one attached hydrogen (secondary N) is 1. The Balaban J connectivity index is 0.00000288. The molecule has 0 bridgehead atoms. The Morgan fingerprint density at radius 3 is 2.50 bits per heavy atom. The van der Waals surface area contributed by atoms with Crippen LogP contribution in [0.3, 0.4) is 0 Å². The fourth-order valence-corrected chi connectivity index (χ4v) is 4.90. The summed E-state index contributed by atoms with van der Waals surface area (Å²) in [6.07, 6.45) is 1.59. The summed E-state index contributed by atoms with van der Waals surface area (Å²) in [5, 5.41) is 12.0. The van der Waals surface area contributed by atoms with E-state index in [4.69, 9.17) is 28.3 Å². The molecule has 1 fully saturated rings. The number of carboxylic acids is 1. The van der Waals surface area contributed by atoms with Crippen LogP contribution in [0.5, 0.6) is 0 Å². The zero-order chi connectivity index (χ0) is 17.0. The number of nitrogens with zero attached hydrogens (tertiary/aromatic N) is 1. The van der Waals surface area contributed by atoms with Crippen LogP contribution in [-0.4, -0.2) is 50.0 Å². The van der Waals surface area contributed by atoms with Gasteiger partial charge in [-0.2, -0.15) is 4.31 Å². The Labute approximate surface area is 157 Å². The number of aliphatic carboxylic acids is 1. The molecular weight excluding hydrogens is 399 g/mol. The van der Waals surface area contributed by atoms with Gasteiger partial charge >= 0.3 is 5.97 Å². The van der Waals surface area contributed by atoms with Crippen molar-refractivity contribution < 1.29 is 18.3 Å². The predicted molar refractivity (Wildman–Crippen MR) is 95.7 cm³/mol. The van der Waals surface area contributed by atoms with Crippen LogP contribution in [-0.2, 0) is 14.8 Å². The van der Waals surface area contributed by atoms with E-state index in [1.807, 2.05) is 0 Å². The first-order chi connectivity index (χ1) is 10.8. The number of rotatable bonds is 6. The molecule has 136 valence electrons. The minimum Gasteiger partial charge on any atom is -0.480 e. The van der Waals surface area contributed by atoms with Crippen LogP contribution in [0.15, 0.2) is 23.1 Å². The van der Waals surface area contributed by atoms with Gasteiger partial charge in [0.05, 0.1) is 11.4 Å². The summed E-state index contributed by atoms with van der Waals surface area (Å²) in [7, 11) is -3.66. The normalized spacial score (nSPS) is 18.8. The molecule has 1 aliphatic rings. The molecular formula is C14H19Cl3N2O4S. The van der Waals surface area contributed by atoms with Gasteiger partial charge < -0.3 is 10.4 Å². The molecule has 1 heterocycles. The average Bonchev–Trinajstić information content (AvgIpc) is 2.46. The van der Waals surface area contributed by atoms with E-state index in [0.717, 1.165) is 12.8 Å². The highest BCUT2D eigenvalue weighted by Crippen LogP contribution is 2.27. The third kappa shape index (κ3) is 5.75. The van der Waals surface area contributed by atoms with Crippen molar-refractivity contribution in [3.8, 4) is 0 Å². The fourth-order valence-electron chi connectivity index (χ4n) is 2.62. The largest absolute Gasteiger partial charge is 0.480 e. The second-order valence-electron chi connectivity index (χ2n) is 5.50. The van der Waals surface area contributed by atoms with E-state index < -0.39 is 16.0 Å². The van der Waals surface area contributed by atoms with E-state index in [1.165, 1.54) is 22.5 Å². The van der Waals surface area contributed by atoms with E-state index in [1.54, 1.807) is 0 Å². The first-order valence-corrected chi connectivity index (χ1v) is 9.37. The Morgan fingerprint density at radius 1 is 1.29 bits per heavy atom. The van der Waals surface area contributed by atoms with Gasteiger partial charge in [-0.3, -0.25) is 4.79 Å². The van der Waals surface area contributed by atoms with Gasteiger partial charge in [-0.1, -0.05) is 23.2 Å². The number of carbonyl (C=O) groups is 1. The quantitative estimate of drug-likeness (QED) is 0.742. The zero-order valence-electron chi connectivity index (χ0n) is 12.7. The van der Waals surface area contributed by atoms with Crippen molar-refractivity contribution in [3.05, 3.63) is 28.2 Å². The van der Waals surface area contributed by atoms with Gasteiger partial charge in [0.2, 0.25) is 10.0 Å². The summed E-state index contributed by atoms with van der Waals surface area (Å²) in [6, 6.07) is 4.25. The SMILES string of the molecule is Cl.O=C(O)CNCC1CCCN(S(=O)(=O)c2cc(Cl)cc(Cl)c2)C1. The maximum atomic E-state index is 12.7. The van der Waals surface area contributed by atoms with Crippen LogP contribution in [0.2, 0.25) is 10.0 Å². The highest BCUT2D eigenvalue weighted by molar-refractivity contribution is 7.89. The van der Waals surface area contributed by atoms with E-state index in [-0.39, 0.29) is 39.8 Å². The first-order valence-electron chi connectivity index (χ1n) is 7.18. The molecule has 1 saturated heterocycles. The van der Waals surface area contributed by atoms with Gasteiger partial charge in [0, 0.05) is 23.1 Å². The van der Waals surface area contributed by atoms with E-state index >= 15 is 0 Å². The molecule has 0 radical (unpaired) electrons. The molecule has 0 aromatic heterocycles. The molecule has 0 aliphatic carbocycles. The van der Waals surface area contributed by atoms with Crippen molar-refractivity contribution in [1.29, 1.82) is 0 Å². The molecule has 10 heteroatoms. The monoisotopic (exact) mass is 416 g/mol. The van der Waals surface area contributed by atoms with Crippen LogP contribution < -0.4 is 5.32 Å². The van der Waals surface area contributed by atoms with Crippen LogP contribution in [0.25, 0.3) is 0 Å². The third-order valence-electron chi connectivity index (χ3n) is 3.66. The number of benzene rings is 1. The standard InChI is InChI=1S/C14H18Cl2N2O4S.ClH/c15-11-4-12(16)6-13(5-11)23(21,22)18-3-1-2-10(9-18)7-17-8-14(19)20;/h4-6,10,17H,1-3,7-9H2,(H,19,20);1H. The molecule has 0 spiro atoms. The lowest BCUT2D eigenvalue weighted by molar-refractivity contribution is -0.136. The molecule has 1 aromatic carbocycles. The molecule has 0 amide bonds. The Kier molecular flexibility index (Phi) is 8.25. The Bertz CT molecular complexity index is 664. The van der Waals surface area contributed by atoms with Crippen molar-refractivity contribution in [3.63, 3.8) is 0 Å². The molecule has 1 aliphatic heterocycles. The van der Waals surface area contributed by atoms with Gasteiger partial charge in [0.1, 0.15) is 0 Å².